The van der Waals surface area contributed by atoms with Crippen LogP contribution in [0.1, 0.15) is 57.4 Å². The van der Waals surface area contributed by atoms with Crippen molar-refractivity contribution in [1.29, 1.82) is 0 Å². The summed E-state index contributed by atoms with van der Waals surface area (Å²) < 4.78 is 5.90. The molecule has 0 aromatic heterocycles. The topological polar surface area (TPSA) is 49.8 Å². The summed E-state index contributed by atoms with van der Waals surface area (Å²) in [5.74, 6) is 2.28. The number of carbonyl (C=O) groups excluding carboxylic acids is 1. The van der Waals surface area contributed by atoms with Crippen molar-refractivity contribution in [1.82, 2.24) is 0 Å². The maximum atomic E-state index is 12.8. The molecule has 4 nitrogen and oxygen atoms in total. The van der Waals surface area contributed by atoms with Crippen LogP contribution in [-0.2, 0) is 11.2 Å². The number of aromatic hydroxyl groups is 1. The molecule has 1 saturated carbocycles. The monoisotopic (exact) mass is 407 g/mol. The third-order valence-corrected chi connectivity index (χ3v) is 6.77. The summed E-state index contributed by atoms with van der Waals surface area (Å²) >= 11 is 0. The highest BCUT2D eigenvalue weighted by atomic mass is 16.5. The molecule has 1 heterocycles. The molecule has 2 aromatic rings. The Kier molecular flexibility index (Phi) is 6.61. The van der Waals surface area contributed by atoms with Crippen molar-refractivity contribution in [2.24, 2.45) is 11.8 Å². The van der Waals surface area contributed by atoms with Gasteiger partial charge in [-0.05, 0) is 80.0 Å². The lowest BCUT2D eigenvalue weighted by atomic mass is 9.71. The fraction of sp³-hybridized carbons (Fsp3) is 0.500. The molecular weight excluding hydrogens is 374 g/mol. The SMILES string of the molecule is CC[C@@H]1C(=O)N(c2ccc(OCCCc3ccc(O)cc3)cc2)[C@@H]1C1CCCCC1. The Morgan fingerprint density at radius 2 is 1.70 bits per heavy atom. The number of ether oxygens (including phenoxy) is 1. The number of β-lactam (4-membered cyclic amide) rings is 1. The van der Waals surface area contributed by atoms with Crippen molar-refractivity contribution in [2.75, 3.05) is 11.5 Å². The molecule has 0 bridgehead atoms. The quantitative estimate of drug-likeness (QED) is 0.449. The second kappa shape index (κ2) is 9.55. The average Bonchev–Trinajstić information content (AvgIpc) is 2.78. The normalized spacial score (nSPS) is 22.0. The molecule has 1 aliphatic carbocycles. The number of aryl methyl sites for hydroxylation is 1. The summed E-state index contributed by atoms with van der Waals surface area (Å²) in [5.41, 5.74) is 2.21. The number of rotatable bonds is 8. The largest absolute Gasteiger partial charge is 0.508 e. The zero-order chi connectivity index (χ0) is 20.9. The standard InChI is InChI=1S/C26H33NO3/c1-2-24-25(20-8-4-3-5-9-20)27(26(24)29)21-12-16-23(17-13-21)30-18-6-7-19-10-14-22(28)15-11-19/h10-17,20,24-25,28H,2-9,18H2,1H3/t24-,25+/m0/s1. The molecule has 0 unspecified atom stereocenters. The molecule has 4 rings (SSSR count). The molecule has 2 aromatic carbocycles. The van der Waals surface area contributed by atoms with Gasteiger partial charge in [0.2, 0.25) is 5.91 Å². The van der Waals surface area contributed by atoms with Gasteiger partial charge < -0.3 is 14.7 Å². The number of benzene rings is 2. The van der Waals surface area contributed by atoms with E-state index in [1.54, 1.807) is 12.1 Å². The van der Waals surface area contributed by atoms with Gasteiger partial charge in [-0.25, -0.2) is 0 Å². The highest BCUT2D eigenvalue weighted by molar-refractivity contribution is 6.03. The molecule has 160 valence electrons. The van der Waals surface area contributed by atoms with Crippen molar-refractivity contribution in [2.45, 2.75) is 64.3 Å². The Labute approximate surface area is 179 Å². The van der Waals surface area contributed by atoms with Crippen LogP contribution in [0.25, 0.3) is 0 Å². The van der Waals surface area contributed by atoms with Crippen molar-refractivity contribution in [3.05, 3.63) is 54.1 Å². The van der Waals surface area contributed by atoms with Crippen molar-refractivity contribution >= 4 is 11.6 Å². The second-order valence-electron chi connectivity index (χ2n) is 8.72. The second-order valence-corrected chi connectivity index (χ2v) is 8.72. The van der Waals surface area contributed by atoms with E-state index in [0.717, 1.165) is 30.7 Å². The Bertz CT molecular complexity index is 824. The molecule has 30 heavy (non-hydrogen) atoms. The van der Waals surface area contributed by atoms with E-state index < -0.39 is 0 Å². The minimum absolute atomic E-state index is 0.198. The first-order valence-electron chi connectivity index (χ1n) is 11.5. The molecule has 1 aliphatic heterocycles. The molecular formula is C26H33NO3. The number of nitrogens with zero attached hydrogens (tertiary/aromatic N) is 1. The van der Waals surface area contributed by atoms with E-state index in [4.69, 9.17) is 4.74 Å². The van der Waals surface area contributed by atoms with Gasteiger partial charge in [-0.2, -0.15) is 0 Å². The summed E-state index contributed by atoms with van der Waals surface area (Å²) in [7, 11) is 0. The number of phenolic OH excluding ortho intramolecular Hbond substituents is 1. The number of amides is 1. The van der Waals surface area contributed by atoms with Crippen LogP contribution >= 0.6 is 0 Å². The molecule has 2 fully saturated rings. The van der Waals surface area contributed by atoms with E-state index >= 15 is 0 Å². The van der Waals surface area contributed by atoms with Crippen LogP contribution in [-0.4, -0.2) is 23.7 Å². The first-order valence-corrected chi connectivity index (χ1v) is 11.5. The lowest BCUT2D eigenvalue weighted by Gasteiger charge is -2.51. The van der Waals surface area contributed by atoms with Crippen molar-refractivity contribution in [3.63, 3.8) is 0 Å². The summed E-state index contributed by atoms with van der Waals surface area (Å²) in [6.07, 6.45) is 9.24. The number of phenols is 1. The number of anilines is 1. The van der Waals surface area contributed by atoms with Crippen molar-refractivity contribution < 1.29 is 14.6 Å². The predicted molar refractivity (Wildman–Crippen MR) is 120 cm³/mol. The van der Waals surface area contributed by atoms with E-state index in [1.807, 2.05) is 36.4 Å². The van der Waals surface area contributed by atoms with Gasteiger partial charge >= 0.3 is 0 Å². The van der Waals surface area contributed by atoms with E-state index in [0.29, 0.717) is 24.3 Å². The Morgan fingerprint density at radius 1 is 1.00 bits per heavy atom. The minimum atomic E-state index is 0.198. The van der Waals surface area contributed by atoms with Crippen LogP contribution < -0.4 is 9.64 Å². The highest BCUT2D eigenvalue weighted by Gasteiger charge is 2.50. The molecule has 1 N–H and O–H groups in total. The smallest absolute Gasteiger partial charge is 0.232 e. The van der Waals surface area contributed by atoms with Gasteiger partial charge in [-0.3, -0.25) is 4.79 Å². The molecule has 1 amide bonds. The van der Waals surface area contributed by atoms with Gasteiger partial charge in [-0.15, -0.1) is 0 Å². The molecule has 0 radical (unpaired) electrons. The lowest BCUT2D eigenvalue weighted by Crippen LogP contribution is -2.64. The van der Waals surface area contributed by atoms with Gasteiger partial charge in [0.05, 0.1) is 18.6 Å². The summed E-state index contributed by atoms with van der Waals surface area (Å²) in [4.78, 5) is 14.8. The van der Waals surface area contributed by atoms with Gasteiger partial charge in [0.15, 0.2) is 0 Å². The van der Waals surface area contributed by atoms with Gasteiger partial charge in [0.1, 0.15) is 11.5 Å². The average molecular weight is 408 g/mol. The summed E-state index contributed by atoms with van der Waals surface area (Å²) in [6, 6.07) is 15.7. The molecule has 1 saturated heterocycles. The molecule has 2 aliphatic rings. The van der Waals surface area contributed by atoms with E-state index in [9.17, 15) is 9.90 Å². The number of hydrogen-bond acceptors (Lipinski definition) is 3. The van der Waals surface area contributed by atoms with Crippen molar-refractivity contribution in [3.8, 4) is 11.5 Å². The van der Waals surface area contributed by atoms with Crippen LogP contribution in [0.2, 0.25) is 0 Å². The van der Waals surface area contributed by atoms with Crippen LogP contribution in [0.3, 0.4) is 0 Å². The van der Waals surface area contributed by atoms with Crippen LogP contribution in [0.5, 0.6) is 11.5 Å². The van der Waals surface area contributed by atoms with Crippen LogP contribution in [0.4, 0.5) is 5.69 Å². The first-order chi connectivity index (χ1) is 14.7. The zero-order valence-electron chi connectivity index (χ0n) is 17.9. The molecule has 0 spiro atoms. The maximum Gasteiger partial charge on any atom is 0.232 e. The number of carbonyl (C=O) groups is 1. The van der Waals surface area contributed by atoms with E-state index in [1.165, 1.54) is 37.7 Å². The van der Waals surface area contributed by atoms with Crippen LogP contribution in [0.15, 0.2) is 48.5 Å². The third-order valence-electron chi connectivity index (χ3n) is 6.77. The Hall–Kier alpha value is -2.49. The lowest BCUT2D eigenvalue weighted by molar-refractivity contribution is -0.132. The summed E-state index contributed by atoms with van der Waals surface area (Å²) in [6.45, 7) is 2.79. The highest BCUT2D eigenvalue weighted by Crippen LogP contribution is 2.43. The zero-order valence-corrected chi connectivity index (χ0v) is 17.9. The third kappa shape index (κ3) is 4.48. The first kappa shape index (κ1) is 20.8. The Morgan fingerprint density at radius 3 is 2.37 bits per heavy atom. The summed E-state index contributed by atoms with van der Waals surface area (Å²) in [5, 5.41) is 9.35. The molecule has 4 heteroatoms. The van der Waals surface area contributed by atoms with E-state index in [2.05, 4.69) is 11.8 Å². The van der Waals surface area contributed by atoms with Gasteiger partial charge in [-0.1, -0.05) is 38.3 Å². The Balaban J connectivity index is 1.32. The van der Waals surface area contributed by atoms with Gasteiger partial charge in [0, 0.05) is 5.69 Å². The fourth-order valence-corrected chi connectivity index (χ4v) is 5.13. The van der Waals surface area contributed by atoms with E-state index in [-0.39, 0.29) is 11.8 Å². The maximum absolute atomic E-state index is 12.8. The molecule has 2 atom stereocenters. The fourth-order valence-electron chi connectivity index (χ4n) is 5.13. The van der Waals surface area contributed by atoms with Gasteiger partial charge in [0.25, 0.3) is 0 Å². The number of hydrogen-bond donors (Lipinski definition) is 1. The van der Waals surface area contributed by atoms with Crippen LogP contribution in [0, 0.1) is 11.8 Å². The predicted octanol–water partition coefficient (Wildman–Crippen LogP) is 5.73. The minimum Gasteiger partial charge on any atom is -0.508 e.